The van der Waals surface area contributed by atoms with E-state index >= 15 is 0 Å². The molecule has 5 nitrogen and oxygen atoms in total. The number of nitrogens with one attached hydrogen (secondary N) is 1. The van der Waals surface area contributed by atoms with Gasteiger partial charge in [0.05, 0.1) is 5.01 Å². The molecule has 1 atom stereocenters. The van der Waals surface area contributed by atoms with Gasteiger partial charge in [0, 0.05) is 35.8 Å². The van der Waals surface area contributed by atoms with Crippen molar-refractivity contribution in [2.24, 2.45) is 0 Å². The normalized spacial score (nSPS) is 18.5. The number of pyridine rings is 1. The van der Waals surface area contributed by atoms with Crippen LogP contribution in [0.2, 0.25) is 0 Å². The lowest BCUT2D eigenvalue weighted by Crippen LogP contribution is -2.41. The van der Waals surface area contributed by atoms with E-state index in [2.05, 4.69) is 9.97 Å². The zero-order chi connectivity index (χ0) is 15.7. The molecule has 0 spiro atoms. The summed E-state index contributed by atoms with van der Waals surface area (Å²) in [6.45, 7) is 5.18. The summed E-state index contributed by atoms with van der Waals surface area (Å²) in [5, 5.41) is 1.09. The lowest BCUT2D eigenvalue weighted by Gasteiger charge is -2.31. The smallest absolute Gasteiger partial charge is 0.260 e. The molecule has 0 aromatic carbocycles. The molecule has 3 rings (SSSR count). The number of carbonyl (C=O) groups is 1. The fourth-order valence-electron chi connectivity index (χ4n) is 2.83. The van der Waals surface area contributed by atoms with Gasteiger partial charge < -0.3 is 9.88 Å². The van der Waals surface area contributed by atoms with E-state index in [0.29, 0.717) is 13.1 Å². The number of thiazole rings is 1. The number of aryl methyl sites for hydroxylation is 2. The van der Waals surface area contributed by atoms with Crippen molar-refractivity contribution in [3.8, 4) is 0 Å². The molecule has 22 heavy (non-hydrogen) atoms. The Labute approximate surface area is 133 Å². The van der Waals surface area contributed by atoms with Crippen LogP contribution >= 0.6 is 11.3 Å². The maximum absolute atomic E-state index is 12.6. The van der Waals surface area contributed by atoms with Crippen LogP contribution in [0.5, 0.6) is 0 Å². The van der Waals surface area contributed by atoms with Crippen LogP contribution in [0.1, 0.15) is 44.7 Å². The molecule has 3 heterocycles. The van der Waals surface area contributed by atoms with Crippen molar-refractivity contribution in [2.45, 2.75) is 32.6 Å². The standard InChI is InChI=1S/C16H19N3O2S/c1-10-5-6-13(14(20)18-10)16(21)19-7-3-4-12(9-19)15-17-8-11(2)22-15/h5-6,8,12H,3-4,7,9H2,1-2H3,(H,18,20). The summed E-state index contributed by atoms with van der Waals surface area (Å²) in [6, 6.07) is 3.38. The second kappa shape index (κ2) is 6.04. The highest BCUT2D eigenvalue weighted by Crippen LogP contribution is 2.30. The average Bonchev–Trinajstić information content (AvgIpc) is 2.93. The number of carbonyl (C=O) groups excluding carboxylic acids is 1. The Hall–Kier alpha value is -1.95. The minimum atomic E-state index is -0.308. The summed E-state index contributed by atoms with van der Waals surface area (Å²) in [4.78, 5) is 34.7. The number of aromatic nitrogens is 2. The van der Waals surface area contributed by atoms with Gasteiger partial charge in [0.1, 0.15) is 5.56 Å². The third-order valence-corrected chi connectivity index (χ3v) is 5.06. The lowest BCUT2D eigenvalue weighted by atomic mass is 9.98. The summed E-state index contributed by atoms with van der Waals surface area (Å²) >= 11 is 1.69. The molecular formula is C16H19N3O2S. The topological polar surface area (TPSA) is 66.1 Å². The van der Waals surface area contributed by atoms with Gasteiger partial charge in [-0.2, -0.15) is 0 Å². The molecule has 0 aliphatic carbocycles. The van der Waals surface area contributed by atoms with E-state index in [1.165, 1.54) is 4.88 Å². The van der Waals surface area contributed by atoms with Crippen molar-refractivity contribution < 1.29 is 4.79 Å². The third-order valence-electron chi connectivity index (χ3n) is 3.98. The predicted molar refractivity (Wildman–Crippen MR) is 86.5 cm³/mol. The van der Waals surface area contributed by atoms with Gasteiger partial charge in [0.15, 0.2) is 0 Å². The molecule has 1 unspecified atom stereocenters. The number of rotatable bonds is 2. The number of aromatic amines is 1. The van der Waals surface area contributed by atoms with Gasteiger partial charge >= 0.3 is 0 Å². The number of nitrogens with zero attached hydrogens (tertiary/aromatic N) is 2. The van der Waals surface area contributed by atoms with Crippen LogP contribution in [-0.2, 0) is 0 Å². The van der Waals surface area contributed by atoms with Crippen molar-refractivity contribution >= 4 is 17.2 Å². The highest BCUT2D eigenvalue weighted by molar-refractivity contribution is 7.11. The molecule has 0 saturated carbocycles. The summed E-state index contributed by atoms with van der Waals surface area (Å²) in [6.07, 6.45) is 3.87. The van der Waals surface area contributed by atoms with Gasteiger partial charge in [0.25, 0.3) is 11.5 Å². The Kier molecular flexibility index (Phi) is 4.11. The first-order chi connectivity index (χ1) is 10.5. The largest absolute Gasteiger partial charge is 0.338 e. The molecular weight excluding hydrogens is 298 g/mol. The molecule has 0 bridgehead atoms. The molecule has 1 saturated heterocycles. The number of hydrogen-bond donors (Lipinski definition) is 1. The first-order valence-corrected chi connectivity index (χ1v) is 8.28. The maximum Gasteiger partial charge on any atom is 0.260 e. The minimum absolute atomic E-state index is 0.181. The van der Waals surface area contributed by atoms with Crippen LogP contribution in [-0.4, -0.2) is 33.9 Å². The van der Waals surface area contributed by atoms with Crippen LogP contribution < -0.4 is 5.56 Å². The summed E-state index contributed by atoms with van der Waals surface area (Å²) in [5.41, 5.74) is 0.676. The quantitative estimate of drug-likeness (QED) is 0.925. The van der Waals surface area contributed by atoms with E-state index < -0.39 is 0 Å². The summed E-state index contributed by atoms with van der Waals surface area (Å²) in [5.74, 6) is 0.0974. The average molecular weight is 317 g/mol. The fourth-order valence-corrected chi connectivity index (χ4v) is 3.73. The Morgan fingerprint density at radius 3 is 2.91 bits per heavy atom. The highest BCUT2D eigenvalue weighted by atomic mass is 32.1. The first kappa shape index (κ1) is 15.0. The zero-order valence-corrected chi connectivity index (χ0v) is 13.6. The monoisotopic (exact) mass is 317 g/mol. The second-order valence-corrected chi connectivity index (χ2v) is 7.05. The summed E-state index contributed by atoms with van der Waals surface area (Å²) < 4.78 is 0. The predicted octanol–water partition coefficient (Wildman–Crippen LogP) is 2.47. The van der Waals surface area contributed by atoms with Gasteiger partial charge in [-0.15, -0.1) is 11.3 Å². The van der Waals surface area contributed by atoms with E-state index in [9.17, 15) is 9.59 Å². The number of hydrogen-bond acceptors (Lipinski definition) is 4. The summed E-state index contributed by atoms with van der Waals surface area (Å²) in [7, 11) is 0. The van der Waals surface area contributed by atoms with Crippen molar-refractivity contribution in [1.82, 2.24) is 14.9 Å². The van der Waals surface area contributed by atoms with E-state index in [1.807, 2.05) is 13.1 Å². The Morgan fingerprint density at radius 1 is 1.41 bits per heavy atom. The van der Waals surface area contributed by atoms with E-state index in [-0.39, 0.29) is 22.9 Å². The molecule has 2 aromatic rings. The van der Waals surface area contributed by atoms with Crippen LogP contribution in [0.25, 0.3) is 0 Å². The van der Waals surface area contributed by atoms with Crippen LogP contribution in [0.3, 0.4) is 0 Å². The molecule has 1 amide bonds. The van der Waals surface area contributed by atoms with Crippen molar-refractivity contribution in [3.05, 3.63) is 49.8 Å². The Morgan fingerprint density at radius 2 is 2.23 bits per heavy atom. The maximum atomic E-state index is 12.6. The Balaban J connectivity index is 1.79. The number of piperidine rings is 1. The molecule has 1 fully saturated rings. The first-order valence-electron chi connectivity index (χ1n) is 7.46. The highest BCUT2D eigenvalue weighted by Gasteiger charge is 2.28. The van der Waals surface area contributed by atoms with E-state index in [1.54, 1.807) is 35.3 Å². The van der Waals surface area contributed by atoms with Crippen LogP contribution in [0, 0.1) is 13.8 Å². The second-order valence-electron chi connectivity index (χ2n) is 5.78. The number of amides is 1. The lowest BCUT2D eigenvalue weighted by molar-refractivity contribution is 0.0705. The molecule has 1 N–H and O–H groups in total. The van der Waals surface area contributed by atoms with E-state index in [4.69, 9.17) is 0 Å². The molecule has 2 aromatic heterocycles. The van der Waals surface area contributed by atoms with Crippen LogP contribution in [0.15, 0.2) is 23.1 Å². The SMILES string of the molecule is Cc1ccc(C(=O)N2CCCC(c3ncc(C)s3)C2)c(=O)[nH]1. The van der Waals surface area contributed by atoms with E-state index in [0.717, 1.165) is 23.5 Å². The molecule has 0 radical (unpaired) electrons. The van der Waals surface area contributed by atoms with Crippen molar-refractivity contribution in [3.63, 3.8) is 0 Å². The van der Waals surface area contributed by atoms with Gasteiger partial charge in [-0.3, -0.25) is 9.59 Å². The Bertz CT molecular complexity index is 750. The molecule has 6 heteroatoms. The third kappa shape index (κ3) is 2.97. The van der Waals surface area contributed by atoms with Crippen molar-refractivity contribution in [1.29, 1.82) is 0 Å². The van der Waals surface area contributed by atoms with Gasteiger partial charge in [-0.25, -0.2) is 4.98 Å². The minimum Gasteiger partial charge on any atom is -0.338 e. The molecule has 1 aliphatic heterocycles. The number of H-pyrrole nitrogens is 1. The zero-order valence-electron chi connectivity index (χ0n) is 12.8. The molecule has 116 valence electrons. The van der Waals surface area contributed by atoms with Gasteiger partial charge in [0.2, 0.25) is 0 Å². The fraction of sp³-hybridized carbons (Fsp3) is 0.438. The van der Waals surface area contributed by atoms with Gasteiger partial charge in [-0.1, -0.05) is 0 Å². The number of likely N-dealkylation sites (tertiary alicyclic amines) is 1. The van der Waals surface area contributed by atoms with Gasteiger partial charge in [-0.05, 0) is 38.8 Å². The molecule has 1 aliphatic rings. The van der Waals surface area contributed by atoms with Crippen LogP contribution in [0.4, 0.5) is 0 Å². The van der Waals surface area contributed by atoms with Crippen molar-refractivity contribution in [2.75, 3.05) is 13.1 Å².